The molecule has 0 heterocycles. The molecule has 2 atom stereocenters. The van der Waals surface area contributed by atoms with Crippen LogP contribution in [0.15, 0.2) is 30.3 Å². The zero-order valence-electron chi connectivity index (χ0n) is 9.94. The van der Waals surface area contributed by atoms with Crippen molar-refractivity contribution in [1.29, 1.82) is 0 Å². The molecule has 16 heavy (non-hydrogen) atoms. The molecular formula is C13H20N2O. The summed E-state index contributed by atoms with van der Waals surface area (Å²) in [5, 5.41) is 3.31. The van der Waals surface area contributed by atoms with Crippen molar-refractivity contribution < 1.29 is 4.79 Å². The SMILES string of the molecule is C[C@@H](CC(N)=O)NC[C@H](C)c1ccccc1. The molecule has 3 N–H and O–H groups in total. The first-order chi connectivity index (χ1) is 7.59. The molecule has 88 valence electrons. The highest BCUT2D eigenvalue weighted by Crippen LogP contribution is 2.13. The predicted octanol–water partition coefficient (Wildman–Crippen LogP) is 1.64. The van der Waals surface area contributed by atoms with Crippen LogP contribution in [0.3, 0.4) is 0 Å². The standard InChI is InChI=1S/C13H20N2O/c1-10(12-6-4-3-5-7-12)9-15-11(2)8-13(14)16/h3-7,10-11,15H,8-9H2,1-2H3,(H2,14,16)/t10-,11-/m0/s1. The molecule has 0 fully saturated rings. The van der Waals surface area contributed by atoms with Gasteiger partial charge in [0.05, 0.1) is 0 Å². The first kappa shape index (κ1) is 12.7. The number of hydrogen-bond donors (Lipinski definition) is 2. The summed E-state index contributed by atoms with van der Waals surface area (Å²) in [5.74, 6) is 0.184. The molecular weight excluding hydrogens is 200 g/mol. The lowest BCUT2D eigenvalue weighted by molar-refractivity contribution is -0.118. The van der Waals surface area contributed by atoms with E-state index in [-0.39, 0.29) is 11.9 Å². The molecule has 0 saturated carbocycles. The molecule has 1 aromatic carbocycles. The molecule has 1 rings (SSSR count). The van der Waals surface area contributed by atoms with Gasteiger partial charge in [-0.3, -0.25) is 4.79 Å². The number of primary amides is 1. The fourth-order valence-corrected chi connectivity index (χ4v) is 1.65. The lowest BCUT2D eigenvalue weighted by Crippen LogP contribution is -2.33. The van der Waals surface area contributed by atoms with Crippen LogP contribution < -0.4 is 11.1 Å². The Morgan fingerprint density at radius 3 is 2.50 bits per heavy atom. The summed E-state index contributed by atoms with van der Waals surface area (Å²) in [6.45, 7) is 5.00. The lowest BCUT2D eigenvalue weighted by atomic mass is 10.0. The van der Waals surface area contributed by atoms with Gasteiger partial charge in [-0.2, -0.15) is 0 Å². The monoisotopic (exact) mass is 220 g/mol. The smallest absolute Gasteiger partial charge is 0.218 e. The fourth-order valence-electron chi connectivity index (χ4n) is 1.65. The van der Waals surface area contributed by atoms with Gasteiger partial charge in [-0.25, -0.2) is 0 Å². The van der Waals surface area contributed by atoms with Gasteiger partial charge >= 0.3 is 0 Å². The maximum atomic E-state index is 10.7. The zero-order valence-corrected chi connectivity index (χ0v) is 9.94. The average molecular weight is 220 g/mol. The number of carbonyl (C=O) groups is 1. The Morgan fingerprint density at radius 2 is 1.94 bits per heavy atom. The molecule has 3 heteroatoms. The highest BCUT2D eigenvalue weighted by atomic mass is 16.1. The Labute approximate surface area is 97.0 Å². The number of benzene rings is 1. The van der Waals surface area contributed by atoms with E-state index in [2.05, 4.69) is 24.4 Å². The van der Waals surface area contributed by atoms with Crippen LogP contribution in [0.4, 0.5) is 0 Å². The molecule has 0 aliphatic heterocycles. The van der Waals surface area contributed by atoms with Gasteiger partial charge in [-0.15, -0.1) is 0 Å². The Bertz CT molecular complexity index is 324. The van der Waals surface area contributed by atoms with Crippen LogP contribution in [0.2, 0.25) is 0 Å². The van der Waals surface area contributed by atoms with Crippen molar-refractivity contribution in [3.8, 4) is 0 Å². The highest BCUT2D eigenvalue weighted by molar-refractivity contribution is 5.74. The summed E-state index contributed by atoms with van der Waals surface area (Å²) in [6.07, 6.45) is 0.390. The van der Waals surface area contributed by atoms with Crippen molar-refractivity contribution in [2.75, 3.05) is 6.54 Å². The average Bonchev–Trinajstić information content (AvgIpc) is 2.26. The number of carbonyl (C=O) groups excluding carboxylic acids is 1. The van der Waals surface area contributed by atoms with Crippen LogP contribution >= 0.6 is 0 Å². The van der Waals surface area contributed by atoms with E-state index in [9.17, 15) is 4.79 Å². The molecule has 0 bridgehead atoms. The summed E-state index contributed by atoms with van der Waals surface area (Å²) in [6, 6.07) is 10.5. The Balaban J connectivity index is 2.35. The summed E-state index contributed by atoms with van der Waals surface area (Å²) < 4.78 is 0. The van der Waals surface area contributed by atoms with E-state index in [4.69, 9.17) is 5.73 Å². The van der Waals surface area contributed by atoms with E-state index in [0.29, 0.717) is 12.3 Å². The van der Waals surface area contributed by atoms with Crippen molar-refractivity contribution >= 4 is 5.91 Å². The second kappa shape index (κ2) is 6.28. The van der Waals surface area contributed by atoms with E-state index in [1.54, 1.807) is 0 Å². The maximum Gasteiger partial charge on any atom is 0.218 e. The minimum atomic E-state index is -0.257. The van der Waals surface area contributed by atoms with Crippen molar-refractivity contribution in [2.24, 2.45) is 5.73 Å². The molecule has 1 aromatic rings. The number of hydrogen-bond acceptors (Lipinski definition) is 2. The fraction of sp³-hybridized carbons (Fsp3) is 0.462. The van der Waals surface area contributed by atoms with Gasteiger partial charge in [0.25, 0.3) is 0 Å². The summed E-state index contributed by atoms with van der Waals surface area (Å²) >= 11 is 0. The third-order valence-electron chi connectivity index (χ3n) is 2.65. The Kier molecular flexibility index (Phi) is 4.99. The first-order valence-electron chi connectivity index (χ1n) is 5.66. The number of nitrogens with two attached hydrogens (primary N) is 1. The molecule has 0 aliphatic rings. The molecule has 0 saturated heterocycles. The van der Waals surface area contributed by atoms with E-state index in [1.807, 2.05) is 25.1 Å². The van der Waals surface area contributed by atoms with Gasteiger partial charge in [0.2, 0.25) is 5.91 Å². The molecule has 0 spiro atoms. The third kappa shape index (κ3) is 4.45. The number of nitrogens with one attached hydrogen (secondary N) is 1. The van der Waals surface area contributed by atoms with Crippen molar-refractivity contribution in [3.63, 3.8) is 0 Å². The molecule has 0 aromatic heterocycles. The number of amides is 1. The second-order valence-corrected chi connectivity index (χ2v) is 4.29. The summed E-state index contributed by atoms with van der Waals surface area (Å²) in [4.78, 5) is 10.7. The van der Waals surface area contributed by atoms with Crippen LogP contribution in [-0.4, -0.2) is 18.5 Å². The first-order valence-corrected chi connectivity index (χ1v) is 5.66. The largest absolute Gasteiger partial charge is 0.370 e. The van der Waals surface area contributed by atoms with E-state index in [0.717, 1.165) is 6.54 Å². The third-order valence-corrected chi connectivity index (χ3v) is 2.65. The normalized spacial score (nSPS) is 14.4. The Morgan fingerprint density at radius 1 is 1.31 bits per heavy atom. The second-order valence-electron chi connectivity index (χ2n) is 4.29. The molecule has 0 aliphatic carbocycles. The minimum absolute atomic E-state index is 0.142. The van der Waals surface area contributed by atoms with Gasteiger partial charge < -0.3 is 11.1 Å². The van der Waals surface area contributed by atoms with E-state index < -0.39 is 0 Å². The maximum absolute atomic E-state index is 10.7. The van der Waals surface area contributed by atoms with Crippen LogP contribution in [-0.2, 0) is 4.79 Å². The molecule has 1 amide bonds. The van der Waals surface area contributed by atoms with Gasteiger partial charge in [0, 0.05) is 19.0 Å². The topological polar surface area (TPSA) is 55.1 Å². The van der Waals surface area contributed by atoms with E-state index >= 15 is 0 Å². The number of rotatable bonds is 6. The van der Waals surface area contributed by atoms with Crippen LogP contribution in [0.5, 0.6) is 0 Å². The van der Waals surface area contributed by atoms with Gasteiger partial charge in [0.1, 0.15) is 0 Å². The van der Waals surface area contributed by atoms with Crippen molar-refractivity contribution in [2.45, 2.75) is 32.2 Å². The quantitative estimate of drug-likeness (QED) is 0.765. The minimum Gasteiger partial charge on any atom is -0.370 e. The summed E-state index contributed by atoms with van der Waals surface area (Å²) in [5.41, 5.74) is 6.44. The lowest BCUT2D eigenvalue weighted by Gasteiger charge is -2.17. The van der Waals surface area contributed by atoms with E-state index in [1.165, 1.54) is 5.56 Å². The van der Waals surface area contributed by atoms with Gasteiger partial charge in [0.15, 0.2) is 0 Å². The van der Waals surface area contributed by atoms with Crippen LogP contribution in [0.1, 0.15) is 31.7 Å². The molecule has 3 nitrogen and oxygen atoms in total. The summed E-state index contributed by atoms with van der Waals surface area (Å²) in [7, 11) is 0. The zero-order chi connectivity index (χ0) is 12.0. The van der Waals surface area contributed by atoms with Crippen LogP contribution in [0, 0.1) is 0 Å². The van der Waals surface area contributed by atoms with Crippen molar-refractivity contribution in [1.82, 2.24) is 5.32 Å². The predicted molar refractivity (Wildman–Crippen MR) is 66.1 cm³/mol. The van der Waals surface area contributed by atoms with Gasteiger partial charge in [-0.05, 0) is 18.4 Å². The van der Waals surface area contributed by atoms with Crippen molar-refractivity contribution in [3.05, 3.63) is 35.9 Å². The van der Waals surface area contributed by atoms with Crippen LogP contribution in [0.25, 0.3) is 0 Å². The molecule has 0 unspecified atom stereocenters. The highest BCUT2D eigenvalue weighted by Gasteiger charge is 2.08. The molecule has 0 radical (unpaired) electrons. The van der Waals surface area contributed by atoms with Gasteiger partial charge in [-0.1, -0.05) is 37.3 Å². The Hall–Kier alpha value is -1.35.